The molecular weight excluding hydrogens is 252 g/mol. The van der Waals surface area contributed by atoms with Crippen LogP contribution < -0.4 is 10.2 Å². The van der Waals surface area contributed by atoms with Crippen LogP contribution in [0.15, 0.2) is 12.4 Å². The van der Waals surface area contributed by atoms with Gasteiger partial charge in [-0.15, -0.1) is 0 Å². The van der Waals surface area contributed by atoms with Gasteiger partial charge >= 0.3 is 0 Å². The molecule has 1 saturated heterocycles. The predicted octanol–water partition coefficient (Wildman–Crippen LogP) is 1.84. The van der Waals surface area contributed by atoms with Gasteiger partial charge in [0, 0.05) is 19.6 Å². The molecule has 1 aromatic heterocycles. The normalized spacial score (nSPS) is 18.6. The number of hydrogen-bond acceptors (Lipinski definition) is 5. The highest BCUT2D eigenvalue weighted by molar-refractivity contribution is 5.37. The topological polar surface area (TPSA) is 50.3 Å². The largest absolute Gasteiger partial charge is 0.372 e. The van der Waals surface area contributed by atoms with Crippen molar-refractivity contribution >= 4 is 5.82 Å². The molecule has 5 nitrogen and oxygen atoms in total. The van der Waals surface area contributed by atoms with Crippen LogP contribution in [0.2, 0.25) is 0 Å². The molecule has 0 spiro atoms. The standard InChI is InChI=1S/C15H26N4O/c1-12(2)7-16-8-13-9-18-14(10-17-13)19-5-6-20-15(3,4)11-19/h9-10,12,16H,5-8,11H2,1-4H3. The summed E-state index contributed by atoms with van der Waals surface area (Å²) in [6.45, 7) is 12.9. The Morgan fingerprint density at radius 2 is 2.15 bits per heavy atom. The van der Waals surface area contributed by atoms with Crippen molar-refractivity contribution in [1.82, 2.24) is 15.3 Å². The van der Waals surface area contributed by atoms with Gasteiger partial charge in [-0.25, -0.2) is 4.98 Å². The summed E-state index contributed by atoms with van der Waals surface area (Å²) < 4.78 is 5.72. The van der Waals surface area contributed by atoms with Crippen LogP contribution >= 0.6 is 0 Å². The van der Waals surface area contributed by atoms with Crippen molar-refractivity contribution in [3.05, 3.63) is 18.1 Å². The van der Waals surface area contributed by atoms with Crippen molar-refractivity contribution < 1.29 is 4.74 Å². The van der Waals surface area contributed by atoms with Crippen LogP contribution in [-0.2, 0) is 11.3 Å². The van der Waals surface area contributed by atoms with Crippen molar-refractivity contribution in [2.45, 2.75) is 39.8 Å². The van der Waals surface area contributed by atoms with Gasteiger partial charge in [-0.3, -0.25) is 4.98 Å². The molecule has 0 amide bonds. The van der Waals surface area contributed by atoms with Crippen molar-refractivity contribution in [3.8, 4) is 0 Å². The Morgan fingerprint density at radius 1 is 1.35 bits per heavy atom. The maximum atomic E-state index is 5.72. The van der Waals surface area contributed by atoms with E-state index in [4.69, 9.17) is 4.74 Å². The number of hydrogen-bond donors (Lipinski definition) is 1. The zero-order chi connectivity index (χ0) is 14.6. The van der Waals surface area contributed by atoms with E-state index in [0.717, 1.165) is 44.3 Å². The summed E-state index contributed by atoms with van der Waals surface area (Å²) >= 11 is 0. The first-order chi connectivity index (χ1) is 9.46. The molecule has 0 radical (unpaired) electrons. The Balaban J connectivity index is 1.91. The number of anilines is 1. The van der Waals surface area contributed by atoms with Gasteiger partial charge in [0.2, 0.25) is 0 Å². The monoisotopic (exact) mass is 278 g/mol. The van der Waals surface area contributed by atoms with Crippen LogP contribution in [0.5, 0.6) is 0 Å². The van der Waals surface area contributed by atoms with Gasteiger partial charge < -0.3 is 15.0 Å². The second-order valence-electron chi connectivity index (χ2n) is 6.42. The molecule has 1 fully saturated rings. The third-order valence-electron chi connectivity index (χ3n) is 3.30. The van der Waals surface area contributed by atoms with Crippen LogP contribution in [0, 0.1) is 5.92 Å². The van der Waals surface area contributed by atoms with E-state index in [9.17, 15) is 0 Å². The Hall–Kier alpha value is -1.20. The second-order valence-corrected chi connectivity index (χ2v) is 6.42. The molecule has 2 heterocycles. The van der Waals surface area contributed by atoms with Crippen LogP contribution in [0.4, 0.5) is 5.82 Å². The molecule has 0 aromatic carbocycles. The number of ether oxygens (including phenoxy) is 1. The minimum absolute atomic E-state index is 0.114. The maximum Gasteiger partial charge on any atom is 0.147 e. The summed E-state index contributed by atoms with van der Waals surface area (Å²) in [7, 11) is 0. The summed E-state index contributed by atoms with van der Waals surface area (Å²) in [6, 6.07) is 0. The Labute approximate surface area is 121 Å². The number of nitrogens with one attached hydrogen (secondary N) is 1. The predicted molar refractivity (Wildman–Crippen MR) is 80.8 cm³/mol. The average molecular weight is 278 g/mol. The molecule has 0 aliphatic carbocycles. The number of nitrogens with zero attached hydrogens (tertiary/aromatic N) is 3. The second kappa shape index (κ2) is 6.50. The Kier molecular flexibility index (Phi) is 4.94. The van der Waals surface area contributed by atoms with Gasteiger partial charge in [-0.05, 0) is 26.3 Å². The fourth-order valence-corrected chi connectivity index (χ4v) is 2.30. The first-order valence-corrected chi connectivity index (χ1v) is 7.37. The highest BCUT2D eigenvalue weighted by Gasteiger charge is 2.27. The molecule has 1 aliphatic heterocycles. The first-order valence-electron chi connectivity index (χ1n) is 7.37. The quantitative estimate of drug-likeness (QED) is 0.890. The van der Waals surface area contributed by atoms with E-state index in [1.54, 1.807) is 0 Å². The molecule has 0 unspecified atom stereocenters. The SMILES string of the molecule is CC(C)CNCc1cnc(N2CCOC(C)(C)C2)cn1. The lowest BCUT2D eigenvalue weighted by Crippen LogP contribution is -2.48. The van der Waals surface area contributed by atoms with E-state index in [2.05, 4.69) is 47.9 Å². The summed E-state index contributed by atoms with van der Waals surface area (Å²) in [5.41, 5.74) is 0.874. The van der Waals surface area contributed by atoms with Crippen LogP contribution in [0.25, 0.3) is 0 Å². The number of aromatic nitrogens is 2. The van der Waals surface area contributed by atoms with Gasteiger partial charge in [0.1, 0.15) is 5.82 Å². The summed E-state index contributed by atoms with van der Waals surface area (Å²) in [6.07, 6.45) is 3.74. The van der Waals surface area contributed by atoms with E-state index >= 15 is 0 Å². The molecule has 0 atom stereocenters. The van der Waals surface area contributed by atoms with Crippen LogP contribution in [0.3, 0.4) is 0 Å². The number of rotatable bonds is 5. The fourth-order valence-electron chi connectivity index (χ4n) is 2.30. The lowest BCUT2D eigenvalue weighted by molar-refractivity contribution is -0.0279. The highest BCUT2D eigenvalue weighted by Crippen LogP contribution is 2.20. The molecule has 5 heteroatoms. The molecule has 2 rings (SSSR count). The maximum absolute atomic E-state index is 5.72. The first kappa shape index (κ1) is 15.2. The summed E-state index contributed by atoms with van der Waals surface area (Å²) in [5, 5.41) is 3.38. The van der Waals surface area contributed by atoms with Gasteiger partial charge in [-0.2, -0.15) is 0 Å². The van der Waals surface area contributed by atoms with Gasteiger partial charge in [-0.1, -0.05) is 13.8 Å². The van der Waals surface area contributed by atoms with Crippen molar-refractivity contribution in [3.63, 3.8) is 0 Å². The zero-order valence-corrected chi connectivity index (χ0v) is 13.0. The Morgan fingerprint density at radius 3 is 2.75 bits per heavy atom. The minimum Gasteiger partial charge on any atom is -0.372 e. The molecule has 112 valence electrons. The van der Waals surface area contributed by atoms with Crippen molar-refractivity contribution in [2.75, 3.05) is 31.1 Å². The van der Waals surface area contributed by atoms with Gasteiger partial charge in [0.25, 0.3) is 0 Å². The third-order valence-corrected chi connectivity index (χ3v) is 3.30. The van der Waals surface area contributed by atoms with E-state index in [1.807, 2.05) is 12.4 Å². The molecule has 0 saturated carbocycles. The van der Waals surface area contributed by atoms with Crippen molar-refractivity contribution in [2.24, 2.45) is 5.92 Å². The van der Waals surface area contributed by atoms with Crippen molar-refractivity contribution in [1.29, 1.82) is 0 Å². The lowest BCUT2D eigenvalue weighted by atomic mass is 10.1. The van der Waals surface area contributed by atoms with E-state index in [-0.39, 0.29) is 5.60 Å². The van der Waals surface area contributed by atoms with E-state index in [0.29, 0.717) is 5.92 Å². The van der Waals surface area contributed by atoms with Gasteiger partial charge in [0.05, 0.1) is 30.3 Å². The van der Waals surface area contributed by atoms with E-state index in [1.165, 1.54) is 0 Å². The number of morpholine rings is 1. The van der Waals surface area contributed by atoms with E-state index < -0.39 is 0 Å². The fraction of sp³-hybridized carbons (Fsp3) is 0.733. The summed E-state index contributed by atoms with van der Waals surface area (Å²) in [4.78, 5) is 11.3. The van der Waals surface area contributed by atoms with Crippen LogP contribution in [0.1, 0.15) is 33.4 Å². The Bertz CT molecular complexity index is 416. The zero-order valence-electron chi connectivity index (χ0n) is 13.0. The van der Waals surface area contributed by atoms with Gasteiger partial charge in [0.15, 0.2) is 0 Å². The molecule has 0 bridgehead atoms. The smallest absolute Gasteiger partial charge is 0.147 e. The molecular formula is C15H26N4O. The average Bonchev–Trinajstić information content (AvgIpc) is 2.38. The summed E-state index contributed by atoms with van der Waals surface area (Å²) in [5.74, 6) is 1.59. The third kappa shape index (κ3) is 4.42. The molecule has 1 aromatic rings. The lowest BCUT2D eigenvalue weighted by Gasteiger charge is -2.38. The molecule has 20 heavy (non-hydrogen) atoms. The molecule has 1 aliphatic rings. The minimum atomic E-state index is -0.114. The molecule has 1 N–H and O–H groups in total. The highest BCUT2D eigenvalue weighted by atomic mass is 16.5. The van der Waals surface area contributed by atoms with Crippen LogP contribution in [-0.4, -0.2) is 41.8 Å².